The van der Waals surface area contributed by atoms with Gasteiger partial charge in [0.2, 0.25) is 11.8 Å². The Morgan fingerprint density at radius 1 is 1.27 bits per heavy atom. The number of imide groups is 1. The number of fused-ring (bicyclic) bond motifs is 1. The summed E-state index contributed by atoms with van der Waals surface area (Å²) in [4.78, 5) is 42.2. The Morgan fingerprint density at radius 3 is 2.67 bits per heavy atom. The van der Waals surface area contributed by atoms with E-state index < -0.39 is 35.3 Å². The van der Waals surface area contributed by atoms with Crippen molar-refractivity contribution < 1.29 is 23.9 Å². The molecule has 30 heavy (non-hydrogen) atoms. The van der Waals surface area contributed by atoms with E-state index in [9.17, 15) is 14.4 Å². The van der Waals surface area contributed by atoms with Crippen molar-refractivity contribution in [1.29, 1.82) is 0 Å². The van der Waals surface area contributed by atoms with Gasteiger partial charge >= 0.3 is 5.97 Å². The topological polar surface area (TPSA) is 84.9 Å². The van der Waals surface area contributed by atoms with Gasteiger partial charge in [-0.2, -0.15) is 0 Å². The van der Waals surface area contributed by atoms with E-state index in [1.807, 2.05) is 18.4 Å². The summed E-state index contributed by atoms with van der Waals surface area (Å²) in [5, 5.41) is 5.24. The molecule has 2 aromatic rings. The van der Waals surface area contributed by atoms with Gasteiger partial charge in [-0.1, -0.05) is 6.07 Å². The summed E-state index contributed by atoms with van der Waals surface area (Å²) in [6, 6.07) is 8.34. The van der Waals surface area contributed by atoms with Gasteiger partial charge in [0.05, 0.1) is 37.3 Å². The number of carbonyl (C=O) groups excluding carboxylic acids is 3. The fourth-order valence-corrected chi connectivity index (χ4v) is 5.56. The summed E-state index contributed by atoms with van der Waals surface area (Å²) in [5.41, 5.74) is 0.151. The number of nitrogens with zero attached hydrogens (tertiary/aromatic N) is 1. The minimum absolute atomic E-state index is 0.192. The van der Waals surface area contributed by atoms with Gasteiger partial charge in [-0.3, -0.25) is 19.7 Å². The molecule has 0 radical (unpaired) electrons. The highest BCUT2D eigenvalue weighted by atomic mass is 32.1. The van der Waals surface area contributed by atoms with Crippen LogP contribution in [0.2, 0.25) is 0 Å². The van der Waals surface area contributed by atoms with Crippen LogP contribution in [0.25, 0.3) is 0 Å². The number of amides is 2. The van der Waals surface area contributed by atoms with Crippen LogP contribution in [-0.4, -0.2) is 37.0 Å². The molecule has 1 aromatic heterocycles. The number of methoxy groups -OCH3 is 1. The zero-order valence-electron chi connectivity index (χ0n) is 17.3. The molecule has 3 heterocycles. The molecule has 4 atom stereocenters. The van der Waals surface area contributed by atoms with Gasteiger partial charge in [0.25, 0.3) is 0 Å². The lowest BCUT2D eigenvalue weighted by Gasteiger charge is -2.29. The first-order valence-electron chi connectivity index (χ1n) is 9.84. The van der Waals surface area contributed by atoms with Gasteiger partial charge in [0.15, 0.2) is 0 Å². The Bertz CT molecular complexity index is 1020. The molecule has 2 amide bonds. The van der Waals surface area contributed by atoms with Gasteiger partial charge in [0, 0.05) is 10.9 Å². The van der Waals surface area contributed by atoms with Crippen LogP contribution in [0.15, 0.2) is 35.7 Å². The highest BCUT2D eigenvalue weighted by Crippen LogP contribution is 2.51. The first-order chi connectivity index (χ1) is 14.3. The normalized spacial score (nSPS) is 28.0. The third-order valence-electron chi connectivity index (χ3n) is 5.98. The van der Waals surface area contributed by atoms with Gasteiger partial charge in [-0.25, -0.2) is 4.90 Å². The highest BCUT2D eigenvalue weighted by molar-refractivity contribution is 7.10. The summed E-state index contributed by atoms with van der Waals surface area (Å²) in [7, 11) is 1.53. The SMILES string of the molecule is CCOC(=O)[C@]1(C)N[C@H](c2sccc2C)[C@@H]2C(=O)N(c3cccc(OC)c3)C(=O)[C@@H]21. The fourth-order valence-electron chi connectivity index (χ4n) is 4.54. The molecule has 2 aliphatic heterocycles. The molecule has 2 aliphatic rings. The molecule has 7 nitrogen and oxygen atoms in total. The molecule has 1 N–H and O–H groups in total. The maximum Gasteiger partial charge on any atom is 0.326 e. The van der Waals surface area contributed by atoms with E-state index >= 15 is 0 Å². The summed E-state index contributed by atoms with van der Waals surface area (Å²) < 4.78 is 10.5. The minimum Gasteiger partial charge on any atom is -0.497 e. The molecule has 2 saturated heterocycles. The number of benzene rings is 1. The van der Waals surface area contributed by atoms with Crippen molar-refractivity contribution in [3.63, 3.8) is 0 Å². The van der Waals surface area contributed by atoms with Gasteiger partial charge in [-0.05, 0) is 49.9 Å². The predicted octanol–water partition coefficient (Wildman–Crippen LogP) is 2.84. The van der Waals surface area contributed by atoms with Crippen molar-refractivity contribution in [3.05, 3.63) is 46.2 Å². The van der Waals surface area contributed by atoms with Crippen LogP contribution >= 0.6 is 11.3 Å². The summed E-state index contributed by atoms with van der Waals surface area (Å²) in [5.74, 6) is -2.26. The molecule has 158 valence electrons. The second-order valence-electron chi connectivity index (χ2n) is 7.73. The average Bonchev–Trinajstić information content (AvgIpc) is 3.36. The first-order valence-corrected chi connectivity index (χ1v) is 10.7. The van der Waals surface area contributed by atoms with Gasteiger partial charge < -0.3 is 9.47 Å². The number of hydrogen-bond donors (Lipinski definition) is 1. The summed E-state index contributed by atoms with van der Waals surface area (Å²) in [6.45, 7) is 5.53. The number of esters is 1. The van der Waals surface area contributed by atoms with Gasteiger partial charge in [-0.15, -0.1) is 11.3 Å². The predicted molar refractivity (Wildman–Crippen MR) is 112 cm³/mol. The Labute approximate surface area is 179 Å². The lowest BCUT2D eigenvalue weighted by molar-refractivity contribution is -0.153. The quantitative estimate of drug-likeness (QED) is 0.582. The third-order valence-corrected chi connectivity index (χ3v) is 7.08. The van der Waals surface area contributed by atoms with E-state index in [1.165, 1.54) is 23.3 Å². The van der Waals surface area contributed by atoms with Crippen molar-refractivity contribution in [3.8, 4) is 5.75 Å². The van der Waals surface area contributed by atoms with Crippen LogP contribution in [0.3, 0.4) is 0 Å². The lowest BCUT2D eigenvalue weighted by Crippen LogP contribution is -2.54. The average molecular weight is 429 g/mol. The van der Waals surface area contributed by atoms with Gasteiger partial charge in [0.1, 0.15) is 11.3 Å². The Morgan fingerprint density at radius 2 is 2.03 bits per heavy atom. The molecule has 1 aromatic carbocycles. The zero-order valence-corrected chi connectivity index (χ0v) is 18.1. The van der Waals surface area contributed by atoms with E-state index in [0.717, 1.165) is 10.4 Å². The maximum absolute atomic E-state index is 13.6. The number of rotatable bonds is 5. The zero-order chi connectivity index (χ0) is 21.6. The molecular weight excluding hydrogens is 404 g/mol. The molecule has 8 heteroatoms. The number of aryl methyl sites for hydroxylation is 1. The maximum atomic E-state index is 13.6. The van der Waals surface area contributed by atoms with Crippen LogP contribution in [0.5, 0.6) is 5.75 Å². The van der Waals surface area contributed by atoms with E-state index in [1.54, 1.807) is 38.1 Å². The largest absolute Gasteiger partial charge is 0.497 e. The number of carbonyl (C=O) groups is 3. The molecule has 2 fully saturated rings. The third kappa shape index (κ3) is 2.94. The second kappa shape index (κ2) is 7.52. The summed E-state index contributed by atoms with van der Waals surface area (Å²) >= 11 is 1.51. The fraction of sp³-hybridized carbons (Fsp3) is 0.409. The number of anilines is 1. The minimum atomic E-state index is -1.30. The molecule has 0 unspecified atom stereocenters. The van der Waals surface area contributed by atoms with Crippen LogP contribution in [0.1, 0.15) is 30.3 Å². The second-order valence-corrected chi connectivity index (χ2v) is 8.68. The monoisotopic (exact) mass is 428 g/mol. The Balaban J connectivity index is 1.82. The number of ether oxygens (including phenoxy) is 2. The molecule has 0 bridgehead atoms. The van der Waals surface area contributed by atoms with Crippen LogP contribution in [-0.2, 0) is 19.1 Å². The van der Waals surface area contributed by atoms with Crippen LogP contribution in [0, 0.1) is 18.8 Å². The lowest BCUT2D eigenvalue weighted by atomic mass is 9.81. The molecule has 0 spiro atoms. The first kappa shape index (κ1) is 20.6. The standard InChI is InChI=1S/C22H24N2O5S/c1-5-29-21(27)22(3)16-15(17(23-22)18-12(2)9-10-30-18)19(25)24(20(16)26)13-7-6-8-14(11-13)28-4/h6-11,15-17,23H,5H2,1-4H3/t15-,16-,17+,22-/m1/s1. The van der Waals surface area contributed by atoms with Crippen LogP contribution < -0.4 is 15.0 Å². The smallest absolute Gasteiger partial charge is 0.326 e. The highest BCUT2D eigenvalue weighted by Gasteiger charge is 2.67. The van der Waals surface area contributed by atoms with E-state index in [2.05, 4.69) is 5.32 Å². The van der Waals surface area contributed by atoms with E-state index in [4.69, 9.17) is 9.47 Å². The molecule has 0 saturated carbocycles. The number of thiophene rings is 1. The molecular formula is C22H24N2O5S. The van der Waals surface area contributed by atoms with E-state index in [0.29, 0.717) is 11.4 Å². The van der Waals surface area contributed by atoms with Crippen molar-refractivity contribution in [2.75, 3.05) is 18.6 Å². The summed E-state index contributed by atoms with van der Waals surface area (Å²) in [6.07, 6.45) is 0. The number of hydrogen-bond acceptors (Lipinski definition) is 7. The van der Waals surface area contributed by atoms with Crippen molar-refractivity contribution in [2.45, 2.75) is 32.4 Å². The van der Waals surface area contributed by atoms with Crippen molar-refractivity contribution in [2.24, 2.45) is 11.8 Å². The van der Waals surface area contributed by atoms with Crippen molar-refractivity contribution in [1.82, 2.24) is 5.32 Å². The Hall–Kier alpha value is -2.71. The molecule has 4 rings (SSSR count). The van der Waals surface area contributed by atoms with E-state index in [-0.39, 0.29) is 12.5 Å². The molecule has 0 aliphatic carbocycles. The van der Waals surface area contributed by atoms with Crippen molar-refractivity contribution >= 4 is 34.8 Å². The number of nitrogens with one attached hydrogen (secondary N) is 1. The Kier molecular flexibility index (Phi) is 5.15. The van der Waals surface area contributed by atoms with Crippen LogP contribution in [0.4, 0.5) is 5.69 Å².